The lowest BCUT2D eigenvalue weighted by Crippen LogP contribution is -2.40. The first-order valence-electron chi connectivity index (χ1n) is 14.2. The molecule has 3 aromatic rings. The summed E-state index contributed by atoms with van der Waals surface area (Å²) in [6.07, 6.45) is 5.22. The first-order chi connectivity index (χ1) is 19.6. The van der Waals surface area contributed by atoms with Crippen LogP contribution in [0.3, 0.4) is 0 Å². The lowest BCUT2D eigenvalue weighted by atomic mass is 9.94. The normalized spacial score (nSPS) is 15.4. The number of rotatable bonds is 11. The standard InChI is InChI=1S/C32H40N4O5/c1-21(2)14-28(36-20-24(8-9-29(36)37)19-35-10-12-41-13-11-35)32(40)34-27(16-30(38)39)25-15-26(18-33-17-25)31-22(3)6-5-7-23(31)4/h5-9,15,17-18,20-21,27-28H,10-14,16,19H2,1-4H3,(H,34,40)(H,38,39)/t27-,28?/m0/s1. The first-order valence-corrected chi connectivity index (χ1v) is 14.2. The van der Waals surface area contributed by atoms with Gasteiger partial charge in [-0.25, -0.2) is 0 Å². The molecule has 41 heavy (non-hydrogen) atoms. The third-order valence-corrected chi connectivity index (χ3v) is 7.47. The number of hydrogen-bond acceptors (Lipinski definition) is 6. The maximum atomic E-state index is 13.8. The second-order valence-electron chi connectivity index (χ2n) is 11.2. The highest BCUT2D eigenvalue weighted by molar-refractivity contribution is 5.82. The van der Waals surface area contributed by atoms with E-state index in [0.29, 0.717) is 31.7 Å². The molecule has 2 atom stereocenters. The second-order valence-corrected chi connectivity index (χ2v) is 11.2. The SMILES string of the molecule is Cc1cccc(C)c1-c1cncc([C@H](CC(=O)O)NC(=O)C(CC(C)C)n2cc(CN3CCOCC3)ccc2=O)c1. The van der Waals surface area contributed by atoms with Crippen LogP contribution in [-0.2, 0) is 20.9 Å². The zero-order chi connectivity index (χ0) is 29.5. The van der Waals surface area contributed by atoms with Crippen LogP contribution in [0.25, 0.3) is 11.1 Å². The van der Waals surface area contributed by atoms with Crippen LogP contribution in [0.5, 0.6) is 0 Å². The molecule has 2 aromatic heterocycles. The van der Waals surface area contributed by atoms with Crippen LogP contribution in [-0.4, -0.2) is 57.7 Å². The quantitative estimate of drug-likeness (QED) is 0.360. The van der Waals surface area contributed by atoms with E-state index in [4.69, 9.17) is 4.74 Å². The van der Waals surface area contributed by atoms with E-state index in [2.05, 4.69) is 15.2 Å². The molecule has 1 aliphatic heterocycles. The number of pyridine rings is 2. The van der Waals surface area contributed by atoms with Gasteiger partial charge in [0.15, 0.2) is 0 Å². The molecule has 1 aromatic carbocycles. The van der Waals surface area contributed by atoms with Gasteiger partial charge in [-0.15, -0.1) is 0 Å². The summed E-state index contributed by atoms with van der Waals surface area (Å²) in [5, 5.41) is 12.7. The van der Waals surface area contributed by atoms with Gasteiger partial charge in [0, 0.05) is 49.9 Å². The fourth-order valence-corrected chi connectivity index (χ4v) is 5.45. The van der Waals surface area contributed by atoms with Crippen molar-refractivity contribution >= 4 is 11.9 Å². The Morgan fingerprint density at radius 3 is 2.44 bits per heavy atom. The summed E-state index contributed by atoms with van der Waals surface area (Å²) in [5.41, 5.74) is 5.30. The molecule has 0 aliphatic carbocycles. The Balaban J connectivity index is 1.64. The molecule has 1 amide bonds. The molecule has 1 unspecified atom stereocenters. The van der Waals surface area contributed by atoms with E-state index < -0.39 is 24.0 Å². The number of nitrogens with one attached hydrogen (secondary N) is 1. The number of ether oxygens (including phenoxy) is 1. The summed E-state index contributed by atoms with van der Waals surface area (Å²) in [7, 11) is 0. The van der Waals surface area contributed by atoms with Gasteiger partial charge in [-0.2, -0.15) is 0 Å². The van der Waals surface area contributed by atoms with Crippen molar-refractivity contribution in [3.05, 3.63) is 87.6 Å². The number of benzene rings is 1. The Bertz CT molecular complexity index is 1410. The van der Waals surface area contributed by atoms with Crippen molar-refractivity contribution in [3.63, 3.8) is 0 Å². The Hall–Kier alpha value is -3.82. The summed E-state index contributed by atoms with van der Waals surface area (Å²) in [6.45, 7) is 11.6. The fraction of sp³-hybridized carbons (Fsp3) is 0.438. The molecule has 1 aliphatic rings. The number of hydrogen-bond donors (Lipinski definition) is 2. The van der Waals surface area contributed by atoms with Crippen LogP contribution in [0.15, 0.2) is 59.8 Å². The predicted molar refractivity (Wildman–Crippen MR) is 158 cm³/mol. The summed E-state index contributed by atoms with van der Waals surface area (Å²) in [5.74, 6) is -1.32. The summed E-state index contributed by atoms with van der Waals surface area (Å²) >= 11 is 0. The highest BCUT2D eigenvalue weighted by atomic mass is 16.5. The van der Waals surface area contributed by atoms with Crippen molar-refractivity contribution < 1.29 is 19.4 Å². The molecule has 2 N–H and O–H groups in total. The molecule has 9 heteroatoms. The van der Waals surface area contributed by atoms with Crippen LogP contribution in [0, 0.1) is 19.8 Å². The van der Waals surface area contributed by atoms with Gasteiger partial charge in [-0.1, -0.05) is 38.1 Å². The van der Waals surface area contributed by atoms with E-state index in [1.165, 1.54) is 10.6 Å². The Morgan fingerprint density at radius 1 is 1.07 bits per heavy atom. The third-order valence-electron chi connectivity index (χ3n) is 7.47. The van der Waals surface area contributed by atoms with Crippen molar-refractivity contribution in [2.24, 2.45) is 5.92 Å². The molecule has 9 nitrogen and oxygen atoms in total. The number of carboxylic acids is 1. The number of aliphatic carboxylic acids is 1. The Labute approximate surface area is 241 Å². The number of carbonyl (C=O) groups excluding carboxylic acids is 1. The van der Waals surface area contributed by atoms with E-state index in [9.17, 15) is 19.5 Å². The van der Waals surface area contributed by atoms with Crippen LogP contribution in [0.4, 0.5) is 0 Å². The van der Waals surface area contributed by atoms with Gasteiger partial charge in [-0.05, 0) is 60.1 Å². The van der Waals surface area contributed by atoms with Crippen molar-refractivity contribution in [1.29, 1.82) is 0 Å². The average Bonchev–Trinajstić information content (AvgIpc) is 2.93. The van der Waals surface area contributed by atoms with Gasteiger partial charge in [0.05, 0.1) is 25.7 Å². The second kappa shape index (κ2) is 13.7. The van der Waals surface area contributed by atoms with Crippen LogP contribution in [0.2, 0.25) is 0 Å². The van der Waals surface area contributed by atoms with E-state index in [0.717, 1.165) is 40.9 Å². The largest absolute Gasteiger partial charge is 0.481 e. The Morgan fingerprint density at radius 2 is 1.78 bits per heavy atom. The topological polar surface area (TPSA) is 114 Å². The van der Waals surface area contributed by atoms with Gasteiger partial charge in [0.25, 0.3) is 5.56 Å². The van der Waals surface area contributed by atoms with E-state index in [1.807, 2.05) is 52.0 Å². The lowest BCUT2D eigenvalue weighted by molar-refractivity contribution is -0.138. The number of aryl methyl sites for hydroxylation is 2. The van der Waals surface area contributed by atoms with E-state index in [1.54, 1.807) is 24.7 Å². The van der Waals surface area contributed by atoms with Gasteiger partial charge < -0.3 is 19.7 Å². The van der Waals surface area contributed by atoms with Gasteiger partial charge in [0.2, 0.25) is 5.91 Å². The monoisotopic (exact) mass is 560 g/mol. The number of amides is 1. The molecule has 0 radical (unpaired) electrons. The highest BCUT2D eigenvalue weighted by Crippen LogP contribution is 2.29. The Kier molecular flexibility index (Phi) is 10.1. The molecule has 3 heterocycles. The minimum atomic E-state index is -1.04. The van der Waals surface area contributed by atoms with Crippen LogP contribution >= 0.6 is 0 Å². The number of aromatic nitrogens is 2. The number of morpholine rings is 1. The molecular formula is C32H40N4O5. The van der Waals surface area contributed by atoms with Crippen molar-refractivity contribution in [2.75, 3.05) is 26.3 Å². The zero-order valence-electron chi connectivity index (χ0n) is 24.3. The zero-order valence-corrected chi connectivity index (χ0v) is 24.3. The maximum Gasteiger partial charge on any atom is 0.305 e. The van der Waals surface area contributed by atoms with Crippen LogP contribution in [0.1, 0.15) is 61.0 Å². The molecule has 218 valence electrons. The number of carboxylic acid groups (broad SMARTS) is 1. The molecule has 0 bridgehead atoms. The van der Waals surface area contributed by atoms with E-state index >= 15 is 0 Å². The smallest absolute Gasteiger partial charge is 0.305 e. The first kappa shape index (κ1) is 30.1. The molecule has 1 saturated heterocycles. The van der Waals surface area contributed by atoms with Gasteiger partial charge in [-0.3, -0.25) is 24.3 Å². The average molecular weight is 561 g/mol. The molecule has 0 spiro atoms. The minimum absolute atomic E-state index is 0.118. The maximum absolute atomic E-state index is 13.8. The lowest BCUT2D eigenvalue weighted by Gasteiger charge is -2.28. The van der Waals surface area contributed by atoms with Crippen molar-refractivity contribution in [1.82, 2.24) is 19.8 Å². The summed E-state index contributed by atoms with van der Waals surface area (Å²) in [6, 6.07) is 9.62. The molecular weight excluding hydrogens is 520 g/mol. The summed E-state index contributed by atoms with van der Waals surface area (Å²) < 4.78 is 6.94. The van der Waals surface area contributed by atoms with Gasteiger partial charge >= 0.3 is 5.97 Å². The van der Waals surface area contributed by atoms with Crippen molar-refractivity contribution in [2.45, 2.75) is 59.2 Å². The van der Waals surface area contributed by atoms with Crippen LogP contribution < -0.4 is 10.9 Å². The van der Waals surface area contributed by atoms with Gasteiger partial charge in [0.1, 0.15) is 6.04 Å². The minimum Gasteiger partial charge on any atom is -0.481 e. The summed E-state index contributed by atoms with van der Waals surface area (Å²) in [4.78, 5) is 45.4. The molecule has 1 fully saturated rings. The van der Waals surface area contributed by atoms with E-state index in [-0.39, 0.29) is 17.9 Å². The number of carbonyl (C=O) groups is 2. The third kappa shape index (κ3) is 7.89. The highest BCUT2D eigenvalue weighted by Gasteiger charge is 2.27. The van der Waals surface area contributed by atoms with Crippen molar-refractivity contribution in [3.8, 4) is 11.1 Å². The molecule has 0 saturated carbocycles. The molecule has 4 rings (SSSR count). The fourth-order valence-electron chi connectivity index (χ4n) is 5.45. The number of nitrogens with zero attached hydrogens (tertiary/aromatic N) is 3. The predicted octanol–water partition coefficient (Wildman–Crippen LogP) is 4.28.